The molecule has 18 heavy (non-hydrogen) atoms. The highest BCUT2D eigenvalue weighted by molar-refractivity contribution is 5.33. The standard InChI is InChI=1S/C15H18N2O/c1-11-8-15(14(9-16)10-17-11)18-12(2)13-6-4-3-5-7-13/h3-8,10,12H,9,16H2,1-2H3. The molecule has 0 fully saturated rings. The van der Waals surface area contributed by atoms with Gasteiger partial charge in [-0.1, -0.05) is 30.3 Å². The molecule has 3 nitrogen and oxygen atoms in total. The first kappa shape index (κ1) is 12.6. The van der Waals surface area contributed by atoms with Crippen LogP contribution in [0.15, 0.2) is 42.6 Å². The number of nitrogens with zero attached hydrogens (tertiary/aromatic N) is 1. The van der Waals surface area contributed by atoms with Gasteiger partial charge in [0.25, 0.3) is 0 Å². The van der Waals surface area contributed by atoms with E-state index in [9.17, 15) is 0 Å². The maximum absolute atomic E-state index is 5.98. The highest BCUT2D eigenvalue weighted by Gasteiger charge is 2.10. The molecule has 2 aromatic rings. The van der Waals surface area contributed by atoms with E-state index in [0.29, 0.717) is 6.54 Å². The van der Waals surface area contributed by atoms with Crippen LogP contribution in [0.3, 0.4) is 0 Å². The summed E-state index contributed by atoms with van der Waals surface area (Å²) in [6, 6.07) is 12.1. The fourth-order valence-corrected chi connectivity index (χ4v) is 1.81. The number of aryl methyl sites for hydroxylation is 1. The molecule has 0 saturated carbocycles. The van der Waals surface area contributed by atoms with Crippen LogP contribution in [0.5, 0.6) is 5.75 Å². The number of rotatable bonds is 4. The van der Waals surface area contributed by atoms with Crippen molar-refractivity contribution in [2.24, 2.45) is 5.73 Å². The predicted octanol–water partition coefficient (Wildman–Crippen LogP) is 2.99. The Morgan fingerprint density at radius 1 is 1.28 bits per heavy atom. The van der Waals surface area contributed by atoms with Crippen molar-refractivity contribution in [3.63, 3.8) is 0 Å². The minimum Gasteiger partial charge on any atom is -0.486 e. The van der Waals surface area contributed by atoms with E-state index < -0.39 is 0 Å². The topological polar surface area (TPSA) is 48.1 Å². The zero-order valence-electron chi connectivity index (χ0n) is 10.8. The first-order valence-electron chi connectivity index (χ1n) is 6.08. The first-order valence-corrected chi connectivity index (χ1v) is 6.08. The summed E-state index contributed by atoms with van der Waals surface area (Å²) in [7, 11) is 0. The summed E-state index contributed by atoms with van der Waals surface area (Å²) >= 11 is 0. The zero-order chi connectivity index (χ0) is 13.0. The molecule has 2 N–H and O–H groups in total. The van der Waals surface area contributed by atoms with Gasteiger partial charge < -0.3 is 10.5 Å². The highest BCUT2D eigenvalue weighted by Crippen LogP contribution is 2.25. The normalized spacial score (nSPS) is 12.2. The van der Waals surface area contributed by atoms with Crippen molar-refractivity contribution in [2.45, 2.75) is 26.5 Å². The van der Waals surface area contributed by atoms with Crippen LogP contribution < -0.4 is 10.5 Å². The summed E-state index contributed by atoms with van der Waals surface area (Å²) in [5.74, 6) is 0.821. The maximum Gasteiger partial charge on any atom is 0.128 e. The van der Waals surface area contributed by atoms with Crippen LogP contribution in [-0.4, -0.2) is 4.98 Å². The summed E-state index contributed by atoms with van der Waals surface area (Å²) in [6.45, 7) is 4.41. The molecule has 1 heterocycles. The number of nitrogens with two attached hydrogens (primary N) is 1. The van der Waals surface area contributed by atoms with Gasteiger partial charge in [0.15, 0.2) is 0 Å². The number of benzene rings is 1. The fraction of sp³-hybridized carbons (Fsp3) is 0.267. The monoisotopic (exact) mass is 242 g/mol. The predicted molar refractivity (Wildman–Crippen MR) is 72.4 cm³/mol. The molecule has 0 radical (unpaired) electrons. The Bertz CT molecular complexity index is 511. The third-order valence-electron chi connectivity index (χ3n) is 2.87. The Hall–Kier alpha value is -1.87. The second-order valence-corrected chi connectivity index (χ2v) is 4.31. The number of ether oxygens (including phenoxy) is 1. The molecule has 2 rings (SSSR count). The van der Waals surface area contributed by atoms with Crippen molar-refractivity contribution in [3.05, 3.63) is 59.4 Å². The van der Waals surface area contributed by atoms with Crippen LogP contribution in [0.25, 0.3) is 0 Å². The van der Waals surface area contributed by atoms with Gasteiger partial charge in [-0.2, -0.15) is 0 Å². The molecule has 0 bridgehead atoms. The Balaban J connectivity index is 2.21. The quantitative estimate of drug-likeness (QED) is 0.896. The molecular formula is C15H18N2O. The van der Waals surface area contributed by atoms with Crippen molar-refractivity contribution >= 4 is 0 Å². The van der Waals surface area contributed by atoms with Gasteiger partial charge in [-0.15, -0.1) is 0 Å². The number of pyridine rings is 1. The van der Waals surface area contributed by atoms with Crippen molar-refractivity contribution in [3.8, 4) is 5.75 Å². The maximum atomic E-state index is 5.98. The molecule has 94 valence electrons. The molecule has 1 atom stereocenters. The van der Waals surface area contributed by atoms with Crippen molar-refractivity contribution < 1.29 is 4.74 Å². The fourth-order valence-electron chi connectivity index (χ4n) is 1.81. The molecule has 1 aromatic heterocycles. The smallest absolute Gasteiger partial charge is 0.128 e. The lowest BCUT2D eigenvalue weighted by atomic mass is 10.1. The Morgan fingerprint density at radius 2 is 2.00 bits per heavy atom. The van der Waals surface area contributed by atoms with E-state index in [-0.39, 0.29) is 6.10 Å². The molecule has 0 aliphatic rings. The van der Waals surface area contributed by atoms with Crippen molar-refractivity contribution in [1.82, 2.24) is 4.98 Å². The second kappa shape index (κ2) is 5.65. The molecule has 3 heteroatoms. The molecule has 0 saturated heterocycles. The zero-order valence-corrected chi connectivity index (χ0v) is 10.8. The molecule has 1 unspecified atom stereocenters. The SMILES string of the molecule is Cc1cc(OC(C)c2ccccc2)c(CN)cn1. The van der Waals surface area contributed by atoms with E-state index in [4.69, 9.17) is 10.5 Å². The van der Waals surface area contributed by atoms with Crippen LogP contribution >= 0.6 is 0 Å². The van der Waals surface area contributed by atoms with Crippen molar-refractivity contribution in [1.29, 1.82) is 0 Å². The van der Waals surface area contributed by atoms with E-state index in [1.54, 1.807) is 6.20 Å². The molecule has 1 aromatic carbocycles. The average molecular weight is 242 g/mol. The average Bonchev–Trinajstić information content (AvgIpc) is 2.40. The van der Waals surface area contributed by atoms with Gasteiger partial charge in [0.1, 0.15) is 11.9 Å². The van der Waals surface area contributed by atoms with E-state index in [1.165, 1.54) is 0 Å². The third kappa shape index (κ3) is 2.87. The summed E-state index contributed by atoms with van der Waals surface area (Å²) in [5, 5.41) is 0. The summed E-state index contributed by atoms with van der Waals surface area (Å²) < 4.78 is 5.98. The number of hydrogen-bond acceptors (Lipinski definition) is 3. The van der Waals surface area contributed by atoms with E-state index in [2.05, 4.69) is 17.1 Å². The molecular weight excluding hydrogens is 224 g/mol. The Labute approximate surface area is 108 Å². The Kier molecular flexibility index (Phi) is 3.95. The second-order valence-electron chi connectivity index (χ2n) is 4.31. The van der Waals surface area contributed by atoms with Gasteiger partial charge in [-0.05, 0) is 19.4 Å². The van der Waals surface area contributed by atoms with E-state index in [0.717, 1.165) is 22.6 Å². The Morgan fingerprint density at radius 3 is 2.67 bits per heavy atom. The lowest BCUT2D eigenvalue weighted by molar-refractivity contribution is 0.224. The van der Waals surface area contributed by atoms with Crippen molar-refractivity contribution in [2.75, 3.05) is 0 Å². The van der Waals surface area contributed by atoms with Gasteiger partial charge >= 0.3 is 0 Å². The minimum absolute atomic E-state index is 0.00157. The van der Waals surface area contributed by atoms with Crippen LogP contribution in [0.1, 0.15) is 29.8 Å². The van der Waals surface area contributed by atoms with Crippen LogP contribution in [0, 0.1) is 6.92 Å². The third-order valence-corrected chi connectivity index (χ3v) is 2.87. The molecule has 0 amide bonds. The first-order chi connectivity index (χ1) is 8.70. The minimum atomic E-state index is -0.00157. The molecule has 0 aliphatic heterocycles. The van der Waals surface area contributed by atoms with Gasteiger partial charge in [0, 0.05) is 30.1 Å². The van der Waals surface area contributed by atoms with Gasteiger partial charge in [0.2, 0.25) is 0 Å². The molecule has 0 aliphatic carbocycles. The number of hydrogen-bond donors (Lipinski definition) is 1. The van der Waals surface area contributed by atoms with Crippen LogP contribution in [0.4, 0.5) is 0 Å². The summed E-state index contributed by atoms with van der Waals surface area (Å²) in [5.41, 5.74) is 8.71. The van der Waals surface area contributed by atoms with Gasteiger partial charge in [-0.25, -0.2) is 0 Å². The highest BCUT2D eigenvalue weighted by atomic mass is 16.5. The summed E-state index contributed by atoms with van der Waals surface area (Å²) in [4.78, 5) is 4.23. The van der Waals surface area contributed by atoms with Gasteiger partial charge in [-0.3, -0.25) is 4.98 Å². The van der Waals surface area contributed by atoms with Crippen LogP contribution in [-0.2, 0) is 6.54 Å². The number of aromatic nitrogens is 1. The van der Waals surface area contributed by atoms with Gasteiger partial charge in [0.05, 0.1) is 0 Å². The van der Waals surface area contributed by atoms with E-state index >= 15 is 0 Å². The summed E-state index contributed by atoms with van der Waals surface area (Å²) in [6.07, 6.45) is 1.78. The lowest BCUT2D eigenvalue weighted by Gasteiger charge is -2.17. The molecule has 0 spiro atoms. The largest absolute Gasteiger partial charge is 0.486 e. The van der Waals surface area contributed by atoms with Crippen LogP contribution in [0.2, 0.25) is 0 Å². The van der Waals surface area contributed by atoms with E-state index in [1.807, 2.05) is 38.1 Å². The lowest BCUT2D eigenvalue weighted by Crippen LogP contribution is -2.07.